The summed E-state index contributed by atoms with van der Waals surface area (Å²) in [7, 11) is 3.39. The number of carbonyl (C=O) groups is 3. The first kappa shape index (κ1) is 20.3. The molecular weight excluding hydrogens is 354 g/mol. The zero-order chi connectivity index (χ0) is 19.8. The Morgan fingerprint density at radius 1 is 1.41 bits per heavy atom. The van der Waals surface area contributed by atoms with E-state index in [2.05, 4.69) is 20.4 Å². The van der Waals surface area contributed by atoms with Gasteiger partial charge in [0.15, 0.2) is 5.65 Å². The van der Waals surface area contributed by atoms with Crippen molar-refractivity contribution in [3.8, 4) is 0 Å². The van der Waals surface area contributed by atoms with Crippen LogP contribution in [0, 0.1) is 0 Å². The van der Waals surface area contributed by atoms with Gasteiger partial charge in [0.25, 0.3) is 12.4 Å². The van der Waals surface area contributed by atoms with E-state index in [1.54, 1.807) is 29.1 Å². The lowest BCUT2D eigenvalue weighted by molar-refractivity contribution is -0.141. The minimum Gasteiger partial charge on any atom is -0.483 e. The van der Waals surface area contributed by atoms with E-state index < -0.39 is 0 Å². The summed E-state index contributed by atoms with van der Waals surface area (Å²) < 4.78 is 6.45. The van der Waals surface area contributed by atoms with Gasteiger partial charge in [-0.25, -0.2) is 0 Å². The number of hydrogen-bond donors (Lipinski definition) is 2. The predicted molar refractivity (Wildman–Crippen MR) is 95.2 cm³/mol. The number of nitrogens with one attached hydrogen (secondary N) is 1. The van der Waals surface area contributed by atoms with Crippen LogP contribution < -0.4 is 5.32 Å². The molecule has 2 N–H and O–H groups in total. The van der Waals surface area contributed by atoms with Crippen molar-refractivity contribution >= 4 is 24.0 Å². The van der Waals surface area contributed by atoms with E-state index in [9.17, 15) is 9.59 Å². The Hall–Kier alpha value is -3.01. The highest BCUT2D eigenvalue weighted by Gasteiger charge is 2.32. The third kappa shape index (κ3) is 5.00. The maximum atomic E-state index is 12.4. The van der Waals surface area contributed by atoms with Crippen LogP contribution in [-0.4, -0.2) is 75.7 Å². The fraction of sp³-hybridized carbons (Fsp3) is 0.471. The number of aromatic nitrogens is 3. The first-order chi connectivity index (χ1) is 13.0. The van der Waals surface area contributed by atoms with Crippen LogP contribution in [-0.2, 0) is 14.3 Å². The molecule has 2 atom stereocenters. The van der Waals surface area contributed by atoms with Crippen molar-refractivity contribution in [1.29, 1.82) is 0 Å². The first-order valence-corrected chi connectivity index (χ1v) is 8.45. The van der Waals surface area contributed by atoms with Gasteiger partial charge >= 0.3 is 5.97 Å². The maximum Gasteiger partial charge on any atom is 0.307 e. The lowest BCUT2D eigenvalue weighted by Crippen LogP contribution is -2.41. The maximum absolute atomic E-state index is 12.4. The van der Waals surface area contributed by atoms with Gasteiger partial charge < -0.3 is 15.2 Å². The molecule has 0 unspecified atom stereocenters. The van der Waals surface area contributed by atoms with E-state index in [0.717, 1.165) is 12.8 Å². The summed E-state index contributed by atoms with van der Waals surface area (Å²) in [6.45, 7) is 0.280. The second-order valence-electron chi connectivity index (χ2n) is 6.13. The molecule has 2 aromatic heterocycles. The summed E-state index contributed by atoms with van der Waals surface area (Å²) in [5, 5.41) is 17.7. The molecule has 0 aliphatic carbocycles. The van der Waals surface area contributed by atoms with Gasteiger partial charge in [-0.15, -0.1) is 10.2 Å². The topological polar surface area (TPSA) is 126 Å². The molecule has 1 fully saturated rings. The quantitative estimate of drug-likeness (QED) is 0.558. The zero-order valence-electron chi connectivity index (χ0n) is 15.2. The highest BCUT2D eigenvalue weighted by molar-refractivity contribution is 5.99. The van der Waals surface area contributed by atoms with Crippen LogP contribution in [0.15, 0.2) is 24.7 Å². The van der Waals surface area contributed by atoms with Gasteiger partial charge in [-0.2, -0.15) is 0 Å². The third-order valence-corrected chi connectivity index (χ3v) is 4.68. The van der Waals surface area contributed by atoms with Gasteiger partial charge in [-0.3, -0.25) is 23.7 Å². The van der Waals surface area contributed by atoms with Crippen LogP contribution in [0.2, 0.25) is 0 Å². The zero-order valence-corrected chi connectivity index (χ0v) is 15.2. The van der Waals surface area contributed by atoms with E-state index in [1.807, 2.05) is 7.05 Å². The molecule has 1 saturated heterocycles. The van der Waals surface area contributed by atoms with Crippen molar-refractivity contribution in [2.75, 3.05) is 20.7 Å². The molecule has 1 aliphatic rings. The number of amides is 1. The van der Waals surface area contributed by atoms with Crippen LogP contribution in [0.25, 0.3) is 5.65 Å². The fourth-order valence-electron chi connectivity index (χ4n) is 3.19. The molecule has 146 valence electrons. The van der Waals surface area contributed by atoms with E-state index in [4.69, 9.17) is 14.6 Å². The molecule has 0 radical (unpaired) electrons. The van der Waals surface area contributed by atoms with Crippen molar-refractivity contribution in [2.45, 2.75) is 31.3 Å². The minimum atomic E-state index is -0.250. The first-order valence-electron chi connectivity index (χ1n) is 8.45. The minimum absolute atomic E-state index is 0.166. The molecule has 10 heteroatoms. The van der Waals surface area contributed by atoms with E-state index in [1.165, 1.54) is 7.11 Å². The number of carbonyl (C=O) groups excluding carboxylic acids is 2. The van der Waals surface area contributed by atoms with Crippen molar-refractivity contribution in [3.05, 3.63) is 30.2 Å². The Morgan fingerprint density at radius 3 is 2.81 bits per heavy atom. The number of rotatable bonds is 5. The highest BCUT2D eigenvalue weighted by Crippen LogP contribution is 2.24. The summed E-state index contributed by atoms with van der Waals surface area (Å²) in [4.78, 5) is 34.4. The largest absolute Gasteiger partial charge is 0.483 e. The Morgan fingerprint density at radius 2 is 2.11 bits per heavy atom. The average Bonchev–Trinajstić information content (AvgIpc) is 3.27. The van der Waals surface area contributed by atoms with Crippen LogP contribution in [0.4, 0.5) is 0 Å². The third-order valence-electron chi connectivity index (χ3n) is 4.68. The van der Waals surface area contributed by atoms with Crippen molar-refractivity contribution in [3.63, 3.8) is 0 Å². The van der Waals surface area contributed by atoms with Crippen molar-refractivity contribution < 1.29 is 24.2 Å². The number of esters is 1. The molecular formula is C17H23N5O5. The molecule has 27 heavy (non-hydrogen) atoms. The number of hydrogen-bond acceptors (Lipinski definition) is 7. The Balaban J connectivity index is 0.000000817. The Labute approximate surface area is 156 Å². The lowest BCUT2D eigenvalue weighted by atomic mass is 10.1. The molecule has 1 amide bonds. The van der Waals surface area contributed by atoms with Crippen LogP contribution in [0.5, 0.6) is 0 Å². The molecule has 0 aromatic carbocycles. The summed E-state index contributed by atoms with van der Waals surface area (Å²) in [5.74, 6) is -0.367. The highest BCUT2D eigenvalue weighted by atomic mass is 16.5. The van der Waals surface area contributed by atoms with E-state index in [-0.39, 0.29) is 30.4 Å². The summed E-state index contributed by atoms with van der Waals surface area (Å²) >= 11 is 0. The van der Waals surface area contributed by atoms with Gasteiger partial charge in [0.2, 0.25) is 0 Å². The second-order valence-corrected chi connectivity index (χ2v) is 6.13. The van der Waals surface area contributed by atoms with Crippen molar-refractivity contribution in [1.82, 2.24) is 24.8 Å². The van der Waals surface area contributed by atoms with E-state index in [0.29, 0.717) is 24.2 Å². The number of likely N-dealkylation sites (N-methyl/N-ethyl adjacent to an activating group) is 1. The van der Waals surface area contributed by atoms with Gasteiger partial charge in [0.05, 0.1) is 19.1 Å². The smallest absolute Gasteiger partial charge is 0.307 e. The number of methoxy groups -OCH3 is 1. The van der Waals surface area contributed by atoms with Crippen LogP contribution in [0.3, 0.4) is 0 Å². The number of likely N-dealkylation sites (tertiary alicyclic amines) is 1. The van der Waals surface area contributed by atoms with Crippen molar-refractivity contribution in [2.24, 2.45) is 0 Å². The number of carboxylic acid groups (broad SMARTS) is 1. The van der Waals surface area contributed by atoms with Crippen LogP contribution in [0.1, 0.15) is 29.6 Å². The molecule has 0 spiro atoms. The summed E-state index contributed by atoms with van der Waals surface area (Å²) in [6, 6.07) is 3.90. The number of fused-ring (bicyclic) bond motifs is 1. The number of pyridine rings is 1. The van der Waals surface area contributed by atoms with Gasteiger partial charge in [-0.1, -0.05) is 0 Å². The van der Waals surface area contributed by atoms with E-state index >= 15 is 0 Å². The standard InChI is InChI=1S/C16H21N5O3.CH2O2/c1-20-11(8-14(22)24-2)5-6-12(20)9-17-16(23)13-4-3-7-21-10-18-19-15(13)21;2-1-3/h3-4,7,10-12H,5-6,8-9H2,1-2H3,(H,17,23);1H,(H,2,3)/t11-,12+;/m1./s1. The molecule has 2 aromatic rings. The molecule has 1 aliphatic heterocycles. The molecule has 3 rings (SSSR count). The SMILES string of the molecule is COC(=O)C[C@H]1CC[C@@H](CNC(=O)c2cccn3cnnc23)N1C.O=CO. The molecule has 0 bridgehead atoms. The summed E-state index contributed by atoms with van der Waals surface area (Å²) in [5.41, 5.74) is 1.04. The Kier molecular flexibility index (Phi) is 7.24. The Bertz CT molecular complexity index is 793. The predicted octanol–water partition coefficient (Wildman–Crippen LogP) is 0.186. The second kappa shape index (κ2) is 9.62. The summed E-state index contributed by atoms with van der Waals surface area (Å²) in [6.07, 6.45) is 5.61. The fourth-order valence-corrected chi connectivity index (χ4v) is 3.19. The lowest BCUT2D eigenvalue weighted by Gasteiger charge is -2.25. The average molecular weight is 377 g/mol. The van der Waals surface area contributed by atoms with Gasteiger partial charge in [-0.05, 0) is 32.0 Å². The normalized spacial score (nSPS) is 19.2. The molecule has 10 nitrogen and oxygen atoms in total. The van der Waals surface area contributed by atoms with Gasteiger partial charge in [0.1, 0.15) is 6.33 Å². The monoisotopic (exact) mass is 377 g/mol. The molecule has 0 saturated carbocycles. The number of ether oxygens (including phenoxy) is 1. The van der Waals surface area contributed by atoms with Gasteiger partial charge in [0, 0.05) is 24.8 Å². The number of nitrogens with zero attached hydrogens (tertiary/aromatic N) is 4. The molecule has 3 heterocycles. The van der Waals surface area contributed by atoms with Crippen LogP contribution >= 0.6 is 0 Å².